The molecule has 5 nitrogen and oxygen atoms in total. The monoisotopic (exact) mass is 407 g/mol. The van der Waals surface area contributed by atoms with E-state index in [9.17, 15) is 4.79 Å². The summed E-state index contributed by atoms with van der Waals surface area (Å²) in [7, 11) is 0. The number of hydrogen-bond acceptors (Lipinski definition) is 5. The maximum absolute atomic E-state index is 12.4. The number of rotatable bonds is 7. The Morgan fingerprint density at radius 1 is 1.17 bits per heavy atom. The zero-order valence-corrected chi connectivity index (χ0v) is 17.3. The molecule has 1 amide bonds. The highest BCUT2D eigenvalue weighted by molar-refractivity contribution is 7.99. The van der Waals surface area contributed by atoms with Crippen molar-refractivity contribution in [2.24, 2.45) is 0 Å². The van der Waals surface area contributed by atoms with Crippen molar-refractivity contribution in [2.75, 3.05) is 5.75 Å². The first kappa shape index (κ1) is 19.7. The molecule has 0 aliphatic heterocycles. The standard InChI is InChI=1S/C23H25N3O2S/c1-16(17-8-3-2-4-9-17)14-22-25-26-23(28-22)29-15-21(27)24-20-13-7-11-18-10-5-6-12-19(18)20/h2-6,8-10,12,16,20H,7,11,13-15H2,1H3,(H,24,27)/t16-,20+/m1/s1. The lowest BCUT2D eigenvalue weighted by molar-refractivity contribution is -0.119. The van der Waals surface area contributed by atoms with Gasteiger partial charge in [-0.3, -0.25) is 4.79 Å². The molecule has 0 saturated heterocycles. The van der Waals surface area contributed by atoms with Gasteiger partial charge in [-0.15, -0.1) is 10.2 Å². The molecule has 1 N–H and O–H groups in total. The highest BCUT2D eigenvalue weighted by Gasteiger charge is 2.21. The predicted octanol–water partition coefficient (Wildman–Crippen LogP) is 4.70. The molecular weight excluding hydrogens is 382 g/mol. The van der Waals surface area contributed by atoms with Crippen LogP contribution < -0.4 is 5.32 Å². The molecule has 29 heavy (non-hydrogen) atoms. The number of aromatic nitrogens is 2. The molecule has 3 aromatic rings. The molecule has 0 fully saturated rings. The molecule has 1 aliphatic carbocycles. The first-order valence-corrected chi connectivity index (χ1v) is 11.0. The molecule has 2 aromatic carbocycles. The van der Waals surface area contributed by atoms with E-state index in [1.807, 2.05) is 24.3 Å². The summed E-state index contributed by atoms with van der Waals surface area (Å²) in [6.07, 6.45) is 3.85. The lowest BCUT2D eigenvalue weighted by atomic mass is 9.88. The fraction of sp³-hybridized carbons (Fsp3) is 0.348. The van der Waals surface area contributed by atoms with E-state index in [-0.39, 0.29) is 17.7 Å². The maximum atomic E-state index is 12.4. The molecule has 2 atom stereocenters. The minimum absolute atomic E-state index is 0.00546. The van der Waals surface area contributed by atoms with Gasteiger partial charge in [0.2, 0.25) is 11.8 Å². The van der Waals surface area contributed by atoms with Crippen molar-refractivity contribution < 1.29 is 9.21 Å². The summed E-state index contributed by atoms with van der Waals surface area (Å²) in [5, 5.41) is 11.8. The second kappa shape index (κ2) is 9.27. The number of nitrogens with one attached hydrogen (secondary N) is 1. The van der Waals surface area contributed by atoms with Gasteiger partial charge in [-0.2, -0.15) is 0 Å². The fourth-order valence-corrected chi connectivity index (χ4v) is 4.40. The van der Waals surface area contributed by atoms with E-state index in [0.29, 0.717) is 23.5 Å². The van der Waals surface area contributed by atoms with Gasteiger partial charge in [0.15, 0.2) is 0 Å². The summed E-state index contributed by atoms with van der Waals surface area (Å²) in [6, 6.07) is 18.7. The van der Waals surface area contributed by atoms with E-state index >= 15 is 0 Å². The SMILES string of the molecule is C[C@H](Cc1nnc(SCC(=O)N[C@H]2CCCc3ccccc32)o1)c1ccccc1. The van der Waals surface area contributed by atoms with E-state index < -0.39 is 0 Å². The van der Waals surface area contributed by atoms with Crippen LogP contribution in [0.1, 0.15) is 54.3 Å². The van der Waals surface area contributed by atoms with E-state index in [0.717, 1.165) is 19.3 Å². The molecule has 150 valence electrons. The second-order valence-electron chi connectivity index (χ2n) is 7.48. The number of thioether (sulfide) groups is 1. The molecule has 0 unspecified atom stereocenters. The molecule has 0 spiro atoms. The third kappa shape index (κ3) is 5.07. The van der Waals surface area contributed by atoms with Crippen molar-refractivity contribution >= 4 is 17.7 Å². The lowest BCUT2D eigenvalue weighted by Crippen LogP contribution is -2.32. The van der Waals surface area contributed by atoms with Crippen LogP contribution >= 0.6 is 11.8 Å². The van der Waals surface area contributed by atoms with Gasteiger partial charge in [-0.1, -0.05) is 73.3 Å². The zero-order valence-electron chi connectivity index (χ0n) is 16.5. The van der Waals surface area contributed by atoms with Crippen LogP contribution in [0.15, 0.2) is 64.2 Å². The Morgan fingerprint density at radius 3 is 2.83 bits per heavy atom. The minimum Gasteiger partial charge on any atom is -0.416 e. The zero-order chi connectivity index (χ0) is 20.1. The van der Waals surface area contributed by atoms with Gasteiger partial charge >= 0.3 is 0 Å². The molecule has 0 radical (unpaired) electrons. The van der Waals surface area contributed by atoms with Crippen molar-refractivity contribution in [1.29, 1.82) is 0 Å². The van der Waals surface area contributed by atoms with Gasteiger partial charge in [0.25, 0.3) is 5.22 Å². The Kier molecular flexibility index (Phi) is 6.30. The number of hydrogen-bond donors (Lipinski definition) is 1. The number of aryl methyl sites for hydroxylation is 1. The Bertz CT molecular complexity index is 958. The molecule has 4 rings (SSSR count). The number of nitrogens with zero attached hydrogens (tertiary/aromatic N) is 2. The summed E-state index contributed by atoms with van der Waals surface area (Å²) in [5.41, 5.74) is 3.82. The highest BCUT2D eigenvalue weighted by atomic mass is 32.2. The third-order valence-electron chi connectivity index (χ3n) is 5.33. The van der Waals surface area contributed by atoms with Crippen LogP contribution in [0.2, 0.25) is 0 Å². The first-order valence-electron chi connectivity index (χ1n) is 10.1. The number of benzene rings is 2. The minimum atomic E-state index is -0.00546. The van der Waals surface area contributed by atoms with Gasteiger partial charge in [-0.05, 0) is 41.9 Å². The molecule has 1 aliphatic rings. The number of carbonyl (C=O) groups excluding carboxylic acids is 1. The topological polar surface area (TPSA) is 68.0 Å². The summed E-state index contributed by atoms with van der Waals surface area (Å²) in [4.78, 5) is 12.4. The number of amides is 1. The Balaban J connectivity index is 1.28. The summed E-state index contributed by atoms with van der Waals surface area (Å²) < 4.78 is 5.73. The van der Waals surface area contributed by atoms with Gasteiger partial charge in [0.05, 0.1) is 11.8 Å². The number of carbonyl (C=O) groups is 1. The molecule has 0 bridgehead atoms. The van der Waals surface area contributed by atoms with Gasteiger partial charge in [0.1, 0.15) is 0 Å². The molecule has 1 heterocycles. The Morgan fingerprint density at radius 2 is 1.97 bits per heavy atom. The van der Waals surface area contributed by atoms with Crippen molar-refractivity contribution in [3.05, 3.63) is 77.2 Å². The third-order valence-corrected chi connectivity index (χ3v) is 6.15. The Hall–Kier alpha value is -2.60. The highest BCUT2D eigenvalue weighted by Crippen LogP contribution is 2.29. The van der Waals surface area contributed by atoms with Crippen LogP contribution in [0.5, 0.6) is 0 Å². The van der Waals surface area contributed by atoms with E-state index in [4.69, 9.17) is 4.42 Å². The van der Waals surface area contributed by atoms with Crippen molar-refractivity contribution in [3.8, 4) is 0 Å². The van der Waals surface area contributed by atoms with Crippen LogP contribution in [-0.4, -0.2) is 21.9 Å². The van der Waals surface area contributed by atoms with E-state index in [1.54, 1.807) is 0 Å². The van der Waals surface area contributed by atoms with Crippen LogP contribution in [0.4, 0.5) is 0 Å². The van der Waals surface area contributed by atoms with Crippen LogP contribution in [0.25, 0.3) is 0 Å². The van der Waals surface area contributed by atoms with Gasteiger partial charge in [0, 0.05) is 6.42 Å². The Labute approximate surface area is 175 Å². The molecular formula is C23H25N3O2S. The van der Waals surface area contributed by atoms with Crippen LogP contribution in [-0.2, 0) is 17.6 Å². The summed E-state index contributed by atoms with van der Waals surface area (Å²) in [5.74, 6) is 1.16. The van der Waals surface area contributed by atoms with Gasteiger partial charge < -0.3 is 9.73 Å². The molecule has 6 heteroatoms. The first-order chi connectivity index (χ1) is 14.2. The normalized spacial score (nSPS) is 16.8. The van der Waals surface area contributed by atoms with Crippen LogP contribution in [0, 0.1) is 0 Å². The summed E-state index contributed by atoms with van der Waals surface area (Å²) >= 11 is 1.29. The van der Waals surface area contributed by atoms with E-state index in [2.05, 4.69) is 52.8 Å². The smallest absolute Gasteiger partial charge is 0.277 e. The molecule has 0 saturated carbocycles. The largest absolute Gasteiger partial charge is 0.416 e. The van der Waals surface area contributed by atoms with Crippen molar-refractivity contribution in [2.45, 2.75) is 49.8 Å². The quantitative estimate of drug-likeness (QED) is 0.575. The average molecular weight is 408 g/mol. The maximum Gasteiger partial charge on any atom is 0.277 e. The van der Waals surface area contributed by atoms with E-state index in [1.165, 1.54) is 28.5 Å². The summed E-state index contributed by atoms with van der Waals surface area (Å²) in [6.45, 7) is 2.14. The van der Waals surface area contributed by atoms with Crippen LogP contribution in [0.3, 0.4) is 0 Å². The fourth-order valence-electron chi connectivity index (χ4n) is 3.81. The van der Waals surface area contributed by atoms with Crippen molar-refractivity contribution in [3.63, 3.8) is 0 Å². The lowest BCUT2D eigenvalue weighted by Gasteiger charge is -2.26. The predicted molar refractivity (Wildman–Crippen MR) is 114 cm³/mol. The van der Waals surface area contributed by atoms with Crippen molar-refractivity contribution in [1.82, 2.24) is 15.5 Å². The average Bonchev–Trinajstić information content (AvgIpc) is 3.20. The van der Waals surface area contributed by atoms with Gasteiger partial charge in [-0.25, -0.2) is 0 Å². The molecule has 1 aromatic heterocycles. The number of fused-ring (bicyclic) bond motifs is 1. The second-order valence-corrected chi connectivity index (χ2v) is 8.40.